The van der Waals surface area contributed by atoms with Crippen molar-refractivity contribution in [1.82, 2.24) is 10.2 Å². The third-order valence-corrected chi connectivity index (χ3v) is 8.29. The van der Waals surface area contributed by atoms with Gasteiger partial charge in [-0.2, -0.15) is 0 Å². The van der Waals surface area contributed by atoms with Gasteiger partial charge in [-0.3, -0.25) is 4.90 Å². The van der Waals surface area contributed by atoms with Crippen molar-refractivity contribution in [3.05, 3.63) is 65.2 Å². The molecule has 1 N–H and O–H groups in total. The van der Waals surface area contributed by atoms with Crippen LogP contribution in [0.25, 0.3) is 0 Å². The third kappa shape index (κ3) is 12.9. The molecule has 42 heavy (non-hydrogen) atoms. The zero-order valence-electron chi connectivity index (χ0n) is 25.9. The SMILES string of the molecule is Br.CCCCCCCCCCCCCCOc1ccc(CN(C(=O)NC)c2cccc(CN3C=CSC3)c2)cc1OC. The molecule has 2 amide bonds. The second kappa shape index (κ2) is 21.4. The van der Waals surface area contributed by atoms with Crippen molar-refractivity contribution >= 4 is 40.5 Å². The summed E-state index contributed by atoms with van der Waals surface area (Å²) in [5.41, 5.74) is 3.01. The summed E-state index contributed by atoms with van der Waals surface area (Å²) >= 11 is 1.79. The molecule has 0 unspecified atom stereocenters. The molecular weight excluding hydrogens is 610 g/mol. The highest BCUT2D eigenvalue weighted by molar-refractivity contribution is 8.93. The van der Waals surface area contributed by atoms with E-state index >= 15 is 0 Å². The minimum absolute atomic E-state index is 0. The molecule has 0 spiro atoms. The van der Waals surface area contributed by atoms with Crippen LogP contribution >= 0.6 is 28.7 Å². The molecule has 0 atom stereocenters. The van der Waals surface area contributed by atoms with Gasteiger partial charge in [-0.25, -0.2) is 4.79 Å². The molecule has 1 aliphatic rings. The predicted molar refractivity (Wildman–Crippen MR) is 184 cm³/mol. The number of ether oxygens (including phenoxy) is 2. The number of carbonyl (C=O) groups excluding carboxylic acids is 1. The van der Waals surface area contributed by atoms with Crippen LogP contribution in [0.4, 0.5) is 10.5 Å². The summed E-state index contributed by atoms with van der Waals surface area (Å²) in [5, 5.41) is 4.90. The Labute approximate surface area is 269 Å². The van der Waals surface area contributed by atoms with Gasteiger partial charge in [0.15, 0.2) is 11.5 Å². The van der Waals surface area contributed by atoms with Crippen LogP contribution in [0.1, 0.15) is 95.1 Å². The van der Waals surface area contributed by atoms with Gasteiger partial charge >= 0.3 is 6.03 Å². The summed E-state index contributed by atoms with van der Waals surface area (Å²) in [6.07, 6.45) is 18.0. The molecule has 1 aliphatic heterocycles. The first-order chi connectivity index (χ1) is 20.1. The molecule has 1 heterocycles. The van der Waals surface area contributed by atoms with E-state index in [-0.39, 0.29) is 23.0 Å². The normalized spacial score (nSPS) is 12.2. The number of unbranched alkanes of at least 4 members (excludes halogenated alkanes) is 11. The van der Waals surface area contributed by atoms with E-state index in [9.17, 15) is 4.79 Å². The Hall–Kier alpha value is -2.32. The lowest BCUT2D eigenvalue weighted by Gasteiger charge is -2.24. The van der Waals surface area contributed by atoms with Gasteiger partial charge in [0.1, 0.15) is 0 Å². The maximum Gasteiger partial charge on any atom is 0.321 e. The minimum atomic E-state index is -0.148. The van der Waals surface area contributed by atoms with Gasteiger partial charge in [0, 0.05) is 25.5 Å². The van der Waals surface area contributed by atoms with Gasteiger partial charge in [0.05, 0.1) is 26.1 Å². The summed E-state index contributed by atoms with van der Waals surface area (Å²) in [5.74, 6) is 2.41. The van der Waals surface area contributed by atoms with Crippen molar-refractivity contribution in [2.75, 3.05) is 31.5 Å². The summed E-state index contributed by atoms with van der Waals surface area (Å²) < 4.78 is 11.7. The number of nitrogens with zero attached hydrogens (tertiary/aromatic N) is 2. The fourth-order valence-electron chi connectivity index (χ4n) is 5.12. The number of methoxy groups -OCH3 is 1. The minimum Gasteiger partial charge on any atom is -0.493 e. The van der Waals surface area contributed by atoms with E-state index < -0.39 is 0 Å². The van der Waals surface area contributed by atoms with Crippen LogP contribution in [0.5, 0.6) is 11.5 Å². The van der Waals surface area contributed by atoms with Crippen LogP contribution in [0.3, 0.4) is 0 Å². The van der Waals surface area contributed by atoms with Crippen molar-refractivity contribution in [3.8, 4) is 11.5 Å². The molecule has 3 rings (SSSR count). The number of rotatable bonds is 20. The van der Waals surface area contributed by atoms with Crippen LogP contribution < -0.4 is 19.7 Å². The van der Waals surface area contributed by atoms with Gasteiger partial charge in [-0.15, -0.1) is 28.7 Å². The average Bonchev–Trinajstić information content (AvgIpc) is 3.51. The van der Waals surface area contributed by atoms with Crippen LogP contribution in [-0.4, -0.2) is 37.6 Å². The number of hydrogen-bond donors (Lipinski definition) is 1. The number of urea groups is 1. The molecular formula is C34H52BrN3O3S. The standard InChI is InChI=1S/C34H51N3O3S.BrH/c1-4-5-6-7-8-9-10-11-12-13-14-15-22-40-32-20-19-30(25-33(32)39-3)27-37(34(38)35-2)31-18-16-17-29(24-31)26-36-21-23-41-28-36;/h16-21,23-25H,4-15,22,26-28H2,1-3H3,(H,35,38);1H. The Morgan fingerprint density at radius 2 is 1.60 bits per heavy atom. The fourth-order valence-corrected chi connectivity index (χ4v) is 5.83. The van der Waals surface area contributed by atoms with Gasteiger partial charge < -0.3 is 19.7 Å². The Morgan fingerprint density at radius 1 is 0.905 bits per heavy atom. The highest BCUT2D eigenvalue weighted by Crippen LogP contribution is 2.30. The number of benzene rings is 2. The molecule has 0 bridgehead atoms. The van der Waals surface area contributed by atoms with E-state index in [2.05, 4.69) is 40.9 Å². The zero-order valence-corrected chi connectivity index (χ0v) is 28.5. The van der Waals surface area contributed by atoms with E-state index in [0.717, 1.165) is 35.8 Å². The molecule has 0 saturated carbocycles. The lowest BCUT2D eigenvalue weighted by molar-refractivity contribution is 0.248. The topological polar surface area (TPSA) is 54.0 Å². The molecule has 0 aromatic heterocycles. The predicted octanol–water partition coefficient (Wildman–Crippen LogP) is 9.68. The van der Waals surface area contributed by atoms with Crippen LogP contribution in [-0.2, 0) is 13.1 Å². The van der Waals surface area contributed by atoms with Crippen molar-refractivity contribution in [1.29, 1.82) is 0 Å². The van der Waals surface area contributed by atoms with Crippen LogP contribution in [0.15, 0.2) is 54.1 Å². The number of carbonyl (C=O) groups is 1. The van der Waals surface area contributed by atoms with E-state index in [1.807, 2.05) is 30.3 Å². The highest BCUT2D eigenvalue weighted by atomic mass is 79.9. The second-order valence-corrected chi connectivity index (χ2v) is 11.7. The Morgan fingerprint density at radius 3 is 2.21 bits per heavy atom. The van der Waals surface area contributed by atoms with Crippen molar-refractivity contribution in [2.45, 2.75) is 97.1 Å². The fraction of sp³-hybridized carbons (Fsp3) is 0.559. The summed E-state index contributed by atoms with van der Waals surface area (Å²) in [6.45, 7) is 4.21. The quantitative estimate of drug-likeness (QED) is 0.143. The lowest BCUT2D eigenvalue weighted by Crippen LogP contribution is -2.37. The summed E-state index contributed by atoms with van der Waals surface area (Å²) in [4.78, 5) is 16.9. The second-order valence-electron chi connectivity index (χ2n) is 10.9. The van der Waals surface area contributed by atoms with E-state index in [0.29, 0.717) is 18.9 Å². The van der Waals surface area contributed by atoms with E-state index in [1.54, 1.807) is 30.8 Å². The maximum atomic E-state index is 12.9. The Bertz CT molecular complexity index is 1070. The number of anilines is 1. The van der Waals surface area contributed by atoms with Gasteiger partial charge in [0.2, 0.25) is 0 Å². The molecule has 2 aromatic carbocycles. The largest absolute Gasteiger partial charge is 0.493 e. The monoisotopic (exact) mass is 661 g/mol. The molecule has 8 heteroatoms. The molecule has 0 fully saturated rings. The van der Waals surface area contributed by atoms with Crippen LogP contribution in [0, 0.1) is 0 Å². The molecule has 0 radical (unpaired) electrons. The first-order valence-electron chi connectivity index (χ1n) is 15.5. The van der Waals surface area contributed by atoms with Crippen molar-refractivity contribution in [2.24, 2.45) is 0 Å². The first kappa shape index (κ1) is 35.9. The first-order valence-corrected chi connectivity index (χ1v) is 16.6. The highest BCUT2D eigenvalue weighted by Gasteiger charge is 2.17. The molecule has 234 valence electrons. The number of hydrogen-bond acceptors (Lipinski definition) is 5. The van der Waals surface area contributed by atoms with Crippen molar-refractivity contribution in [3.63, 3.8) is 0 Å². The number of nitrogens with one attached hydrogen (secondary N) is 1. The molecule has 6 nitrogen and oxygen atoms in total. The van der Waals surface area contributed by atoms with Gasteiger partial charge in [-0.05, 0) is 47.2 Å². The smallest absolute Gasteiger partial charge is 0.321 e. The Kier molecular flexibility index (Phi) is 18.3. The van der Waals surface area contributed by atoms with Gasteiger partial charge in [-0.1, -0.05) is 95.8 Å². The molecule has 0 aliphatic carbocycles. The zero-order chi connectivity index (χ0) is 29.1. The number of thioether (sulfide) groups is 1. The number of amides is 2. The number of halogens is 1. The van der Waals surface area contributed by atoms with Gasteiger partial charge in [0.25, 0.3) is 0 Å². The Balaban J connectivity index is 0.00000616. The molecule has 0 saturated heterocycles. The molecule has 2 aromatic rings. The van der Waals surface area contributed by atoms with Crippen molar-refractivity contribution < 1.29 is 14.3 Å². The average molecular weight is 663 g/mol. The van der Waals surface area contributed by atoms with Crippen LogP contribution in [0.2, 0.25) is 0 Å². The summed E-state index contributed by atoms with van der Waals surface area (Å²) in [7, 11) is 3.33. The maximum absolute atomic E-state index is 12.9. The third-order valence-electron chi connectivity index (χ3n) is 7.50. The lowest BCUT2D eigenvalue weighted by atomic mass is 10.1. The van der Waals surface area contributed by atoms with E-state index in [1.165, 1.54) is 76.2 Å². The summed E-state index contributed by atoms with van der Waals surface area (Å²) in [6, 6.07) is 14.0. The van der Waals surface area contributed by atoms with E-state index in [4.69, 9.17) is 9.47 Å².